The maximum Gasteiger partial charge on any atom is 0.573 e. The summed E-state index contributed by atoms with van der Waals surface area (Å²) in [5, 5.41) is -1.58. The summed E-state index contributed by atoms with van der Waals surface area (Å²) in [6, 6.07) is -0.0200. The largest absolute Gasteiger partial charge is 0.573 e. The van der Waals surface area contributed by atoms with Gasteiger partial charge in [0.15, 0.2) is 5.75 Å². The van der Waals surface area contributed by atoms with E-state index in [1.165, 1.54) is 0 Å². The molecule has 0 amide bonds. The molecule has 1 aromatic heterocycles. The highest BCUT2D eigenvalue weighted by Gasteiger charge is 2.39. The van der Waals surface area contributed by atoms with Crippen molar-refractivity contribution in [2.24, 2.45) is 0 Å². The number of carbonyl (C=O) groups is 1. The Morgan fingerprint density at radius 2 is 1.80 bits per heavy atom. The van der Waals surface area contributed by atoms with Gasteiger partial charge in [-0.2, -0.15) is 13.2 Å². The summed E-state index contributed by atoms with van der Waals surface area (Å²) < 4.78 is 77.5. The summed E-state index contributed by atoms with van der Waals surface area (Å²) in [4.78, 5) is 14.0. The molecule has 0 bridgehead atoms. The molecule has 0 unspecified atom stereocenters. The summed E-state index contributed by atoms with van der Waals surface area (Å²) in [6.07, 6.45) is -10.4. The van der Waals surface area contributed by atoms with Crippen molar-refractivity contribution in [1.82, 2.24) is 4.98 Å². The SMILES string of the molecule is O=C(Cl)c1nc(CCl)c(OC(F)(F)F)cc1C(F)(F)F. The zero-order chi connectivity index (χ0) is 15.7. The molecule has 1 aromatic rings. The number of hydrogen-bond donors (Lipinski definition) is 0. The molecule has 0 atom stereocenters. The van der Waals surface area contributed by atoms with Gasteiger partial charge >= 0.3 is 12.5 Å². The Morgan fingerprint density at radius 3 is 2.15 bits per heavy atom. The van der Waals surface area contributed by atoms with Gasteiger partial charge in [-0.15, -0.1) is 24.8 Å². The van der Waals surface area contributed by atoms with Gasteiger partial charge in [-0.25, -0.2) is 4.98 Å². The number of alkyl halides is 7. The molecule has 1 rings (SSSR count). The first kappa shape index (κ1) is 16.8. The monoisotopic (exact) mass is 341 g/mol. The molecule has 112 valence electrons. The molecule has 0 radical (unpaired) electrons. The fraction of sp³-hybridized carbons (Fsp3) is 0.333. The lowest BCUT2D eigenvalue weighted by atomic mass is 10.1. The molecule has 0 aliphatic heterocycles. The Morgan fingerprint density at radius 1 is 1.25 bits per heavy atom. The van der Waals surface area contributed by atoms with Crippen LogP contribution in [0.4, 0.5) is 26.3 Å². The Labute approximate surface area is 117 Å². The molecule has 0 N–H and O–H groups in total. The van der Waals surface area contributed by atoms with Crippen molar-refractivity contribution in [1.29, 1.82) is 0 Å². The average Bonchev–Trinajstić information content (AvgIpc) is 2.24. The van der Waals surface area contributed by atoms with E-state index in [9.17, 15) is 31.1 Å². The molecule has 0 fully saturated rings. The molecule has 11 heteroatoms. The van der Waals surface area contributed by atoms with E-state index in [0.29, 0.717) is 0 Å². The van der Waals surface area contributed by atoms with E-state index in [2.05, 4.69) is 9.72 Å². The number of aromatic nitrogens is 1. The summed E-state index contributed by atoms with van der Waals surface area (Å²) in [7, 11) is 0. The van der Waals surface area contributed by atoms with Gasteiger partial charge in [-0.05, 0) is 17.7 Å². The molecule has 0 aliphatic rings. The van der Waals surface area contributed by atoms with Crippen LogP contribution in [0.3, 0.4) is 0 Å². The van der Waals surface area contributed by atoms with Crippen molar-refractivity contribution in [2.45, 2.75) is 18.4 Å². The van der Waals surface area contributed by atoms with Gasteiger partial charge in [0, 0.05) is 0 Å². The van der Waals surface area contributed by atoms with Gasteiger partial charge in [0.25, 0.3) is 5.24 Å². The minimum atomic E-state index is -5.24. The van der Waals surface area contributed by atoms with Crippen LogP contribution >= 0.6 is 23.2 Å². The lowest BCUT2D eigenvalue weighted by molar-refractivity contribution is -0.275. The van der Waals surface area contributed by atoms with Crippen LogP contribution in [-0.4, -0.2) is 16.6 Å². The lowest BCUT2D eigenvalue weighted by Crippen LogP contribution is -2.21. The molecule has 0 saturated carbocycles. The number of ether oxygens (including phenoxy) is 1. The van der Waals surface area contributed by atoms with E-state index in [-0.39, 0.29) is 6.07 Å². The van der Waals surface area contributed by atoms with Gasteiger partial charge in [0.1, 0.15) is 5.69 Å². The van der Waals surface area contributed by atoms with E-state index in [1.54, 1.807) is 0 Å². The van der Waals surface area contributed by atoms with Crippen LogP contribution in [0, 0.1) is 0 Å². The number of halogens is 8. The van der Waals surface area contributed by atoms with E-state index < -0.39 is 46.4 Å². The van der Waals surface area contributed by atoms with Gasteiger partial charge in [0.05, 0.1) is 17.1 Å². The molecule has 0 aliphatic carbocycles. The number of hydrogen-bond acceptors (Lipinski definition) is 3. The van der Waals surface area contributed by atoms with Crippen LogP contribution in [0.15, 0.2) is 6.07 Å². The quantitative estimate of drug-likeness (QED) is 0.471. The minimum Gasteiger partial charge on any atom is -0.404 e. The second kappa shape index (κ2) is 5.65. The van der Waals surface area contributed by atoms with Crippen LogP contribution < -0.4 is 4.74 Å². The molecule has 20 heavy (non-hydrogen) atoms. The standard InChI is InChI=1S/C9H3Cl2F6NO2/c10-2-4-5(20-9(15,16)17)1-3(8(12,13)14)6(18-4)7(11)19/h1H,2H2. The second-order valence-electron chi connectivity index (χ2n) is 3.28. The van der Waals surface area contributed by atoms with Crippen molar-refractivity contribution in [3.63, 3.8) is 0 Å². The number of rotatable bonds is 3. The minimum absolute atomic E-state index is 0.0200. The van der Waals surface area contributed by atoms with Gasteiger partial charge in [-0.3, -0.25) is 4.79 Å². The van der Waals surface area contributed by atoms with E-state index >= 15 is 0 Å². The van der Waals surface area contributed by atoms with Gasteiger partial charge in [0.2, 0.25) is 0 Å². The average molecular weight is 342 g/mol. The predicted molar refractivity (Wildman–Crippen MR) is 55.7 cm³/mol. The van der Waals surface area contributed by atoms with Crippen LogP contribution in [0.25, 0.3) is 0 Å². The first-order chi connectivity index (χ1) is 8.95. The predicted octanol–water partition coefficient (Wildman–Crippen LogP) is 4.12. The van der Waals surface area contributed by atoms with Crippen LogP contribution in [0.5, 0.6) is 5.75 Å². The molecular weight excluding hydrogens is 339 g/mol. The van der Waals surface area contributed by atoms with Crippen molar-refractivity contribution in [2.75, 3.05) is 0 Å². The fourth-order valence-corrected chi connectivity index (χ4v) is 1.54. The van der Waals surface area contributed by atoms with Crippen molar-refractivity contribution in [3.8, 4) is 5.75 Å². The molecule has 0 saturated heterocycles. The maximum atomic E-state index is 12.6. The Kier molecular flexibility index (Phi) is 4.75. The zero-order valence-electron chi connectivity index (χ0n) is 9.07. The third-order valence-electron chi connectivity index (χ3n) is 1.91. The third kappa shape index (κ3) is 4.14. The lowest BCUT2D eigenvalue weighted by Gasteiger charge is -2.16. The highest BCUT2D eigenvalue weighted by atomic mass is 35.5. The summed E-state index contributed by atoms with van der Waals surface area (Å²) in [6.45, 7) is 0. The first-order valence-electron chi connectivity index (χ1n) is 4.58. The molecule has 0 aromatic carbocycles. The first-order valence-corrected chi connectivity index (χ1v) is 5.49. The van der Waals surface area contributed by atoms with Crippen molar-refractivity contribution >= 4 is 28.4 Å². The fourth-order valence-electron chi connectivity index (χ4n) is 1.21. The normalized spacial score (nSPS) is 12.4. The molecule has 1 heterocycles. The van der Waals surface area contributed by atoms with Gasteiger partial charge in [-0.1, -0.05) is 0 Å². The van der Waals surface area contributed by atoms with E-state index in [4.69, 9.17) is 23.2 Å². The zero-order valence-corrected chi connectivity index (χ0v) is 10.6. The Hall–Kier alpha value is -1.22. The molecule has 0 spiro atoms. The second-order valence-corrected chi connectivity index (χ2v) is 3.89. The topological polar surface area (TPSA) is 39.2 Å². The smallest absolute Gasteiger partial charge is 0.404 e. The Balaban J connectivity index is 3.50. The summed E-state index contributed by atoms with van der Waals surface area (Å²) >= 11 is 10.2. The van der Waals surface area contributed by atoms with E-state index in [0.717, 1.165) is 0 Å². The number of nitrogens with zero attached hydrogens (tertiary/aromatic N) is 1. The molecular formula is C9H3Cl2F6NO2. The molecule has 3 nitrogen and oxygen atoms in total. The number of carbonyl (C=O) groups excluding carboxylic acids is 1. The van der Waals surface area contributed by atoms with Crippen LogP contribution in [0.2, 0.25) is 0 Å². The van der Waals surface area contributed by atoms with Crippen molar-refractivity contribution < 1.29 is 35.9 Å². The summed E-state index contributed by atoms with van der Waals surface area (Å²) in [5.41, 5.74) is -3.68. The van der Waals surface area contributed by atoms with Gasteiger partial charge < -0.3 is 4.74 Å². The highest BCUT2D eigenvalue weighted by Crippen LogP contribution is 2.37. The number of pyridine rings is 1. The Bertz CT molecular complexity index is 528. The van der Waals surface area contributed by atoms with Crippen LogP contribution in [0.1, 0.15) is 21.7 Å². The third-order valence-corrected chi connectivity index (χ3v) is 2.34. The highest BCUT2D eigenvalue weighted by molar-refractivity contribution is 6.67. The maximum absolute atomic E-state index is 12.6. The summed E-state index contributed by atoms with van der Waals surface area (Å²) in [5.74, 6) is -1.96. The van der Waals surface area contributed by atoms with Crippen molar-refractivity contribution in [3.05, 3.63) is 23.0 Å². The van der Waals surface area contributed by atoms with E-state index in [1.807, 2.05) is 0 Å². The van der Waals surface area contributed by atoms with Crippen LogP contribution in [-0.2, 0) is 12.1 Å².